The van der Waals surface area contributed by atoms with Crippen LogP contribution in [-0.4, -0.2) is 6.54 Å². The van der Waals surface area contributed by atoms with E-state index in [-0.39, 0.29) is 0 Å². The van der Waals surface area contributed by atoms with Crippen molar-refractivity contribution in [2.24, 2.45) is 0 Å². The molecule has 0 saturated heterocycles. The summed E-state index contributed by atoms with van der Waals surface area (Å²) in [6, 6.07) is 9.13. The van der Waals surface area contributed by atoms with Gasteiger partial charge in [0.1, 0.15) is 0 Å². The van der Waals surface area contributed by atoms with E-state index in [2.05, 4.69) is 44.3 Å². The van der Waals surface area contributed by atoms with E-state index in [1.165, 1.54) is 22.3 Å². The van der Waals surface area contributed by atoms with Crippen LogP contribution >= 0.6 is 0 Å². The maximum absolute atomic E-state index is 5.15. The van der Waals surface area contributed by atoms with E-state index in [1.807, 2.05) is 12.3 Å². The van der Waals surface area contributed by atoms with Crippen LogP contribution in [0.25, 0.3) is 0 Å². The van der Waals surface area contributed by atoms with Crippen molar-refractivity contribution in [3.8, 4) is 0 Å². The topological polar surface area (TPSA) is 25.2 Å². The Morgan fingerprint density at radius 1 is 1.17 bits per heavy atom. The minimum Gasteiger partial charge on any atom is -0.472 e. The largest absolute Gasteiger partial charge is 0.472 e. The summed E-state index contributed by atoms with van der Waals surface area (Å²) in [5, 5.41) is 3.55. The third-order valence-corrected chi connectivity index (χ3v) is 3.12. The Balaban J connectivity index is 2.23. The lowest BCUT2D eigenvalue weighted by Gasteiger charge is -2.19. The van der Waals surface area contributed by atoms with Gasteiger partial charge in [-0.05, 0) is 44.0 Å². The molecule has 0 spiro atoms. The standard InChI is InChI=1S/C16H21NO/c1-4-17-16(10-14-5-6-18-11-14)15-8-12(2)7-13(3)9-15/h5-9,11,16-17H,4,10H2,1-3H3. The minimum absolute atomic E-state index is 0.353. The highest BCUT2D eigenvalue weighted by Crippen LogP contribution is 2.21. The smallest absolute Gasteiger partial charge is 0.0935 e. The highest BCUT2D eigenvalue weighted by molar-refractivity contribution is 5.31. The van der Waals surface area contributed by atoms with Crippen LogP contribution in [0, 0.1) is 13.8 Å². The molecule has 1 unspecified atom stereocenters. The summed E-state index contributed by atoms with van der Waals surface area (Å²) in [6.45, 7) is 7.41. The lowest BCUT2D eigenvalue weighted by atomic mass is 9.97. The summed E-state index contributed by atoms with van der Waals surface area (Å²) in [4.78, 5) is 0. The van der Waals surface area contributed by atoms with Gasteiger partial charge in [0.2, 0.25) is 0 Å². The average Bonchev–Trinajstić information content (AvgIpc) is 2.80. The highest BCUT2D eigenvalue weighted by Gasteiger charge is 2.12. The van der Waals surface area contributed by atoms with E-state index < -0.39 is 0 Å². The number of aryl methyl sites for hydroxylation is 2. The molecule has 0 radical (unpaired) electrons. The van der Waals surface area contributed by atoms with Gasteiger partial charge in [0.25, 0.3) is 0 Å². The van der Waals surface area contributed by atoms with Crippen molar-refractivity contribution >= 4 is 0 Å². The Kier molecular flexibility index (Phi) is 4.21. The molecule has 1 heterocycles. The molecule has 96 valence electrons. The first-order valence-electron chi connectivity index (χ1n) is 6.51. The van der Waals surface area contributed by atoms with Gasteiger partial charge in [-0.25, -0.2) is 0 Å². The van der Waals surface area contributed by atoms with Crippen LogP contribution in [0.2, 0.25) is 0 Å². The van der Waals surface area contributed by atoms with E-state index in [0.29, 0.717) is 6.04 Å². The summed E-state index contributed by atoms with van der Waals surface area (Å²) < 4.78 is 5.15. The predicted molar refractivity (Wildman–Crippen MR) is 74.7 cm³/mol. The number of hydrogen-bond donors (Lipinski definition) is 1. The van der Waals surface area contributed by atoms with Crippen LogP contribution in [0.5, 0.6) is 0 Å². The molecule has 2 heteroatoms. The van der Waals surface area contributed by atoms with E-state index in [4.69, 9.17) is 4.42 Å². The number of nitrogens with one attached hydrogen (secondary N) is 1. The molecule has 18 heavy (non-hydrogen) atoms. The van der Waals surface area contributed by atoms with Gasteiger partial charge in [0.05, 0.1) is 12.5 Å². The molecule has 2 nitrogen and oxygen atoms in total. The first kappa shape index (κ1) is 12.9. The van der Waals surface area contributed by atoms with Gasteiger partial charge in [-0.15, -0.1) is 0 Å². The Morgan fingerprint density at radius 3 is 2.44 bits per heavy atom. The summed E-state index contributed by atoms with van der Waals surface area (Å²) in [5.41, 5.74) is 5.23. The third-order valence-electron chi connectivity index (χ3n) is 3.12. The average molecular weight is 243 g/mol. The van der Waals surface area contributed by atoms with Crippen molar-refractivity contribution < 1.29 is 4.42 Å². The zero-order chi connectivity index (χ0) is 13.0. The van der Waals surface area contributed by atoms with Gasteiger partial charge in [0.15, 0.2) is 0 Å². The van der Waals surface area contributed by atoms with Crippen molar-refractivity contribution in [2.75, 3.05) is 6.54 Å². The molecule has 2 aromatic rings. The van der Waals surface area contributed by atoms with E-state index >= 15 is 0 Å². The van der Waals surface area contributed by atoms with Crippen LogP contribution in [0.3, 0.4) is 0 Å². The van der Waals surface area contributed by atoms with Crippen molar-refractivity contribution in [3.63, 3.8) is 0 Å². The molecule has 2 rings (SSSR count). The fraction of sp³-hybridized carbons (Fsp3) is 0.375. The molecule has 0 bridgehead atoms. The zero-order valence-electron chi connectivity index (χ0n) is 11.4. The van der Waals surface area contributed by atoms with Gasteiger partial charge >= 0.3 is 0 Å². The van der Waals surface area contributed by atoms with Crippen LogP contribution in [0.4, 0.5) is 0 Å². The molecule has 1 N–H and O–H groups in total. The molecule has 1 atom stereocenters. The second kappa shape index (κ2) is 5.87. The normalized spacial score (nSPS) is 12.6. The quantitative estimate of drug-likeness (QED) is 0.864. The summed E-state index contributed by atoms with van der Waals surface area (Å²) in [5.74, 6) is 0. The molecule has 0 aliphatic carbocycles. The third kappa shape index (κ3) is 3.23. The molecular formula is C16H21NO. The highest BCUT2D eigenvalue weighted by atomic mass is 16.3. The molecule has 0 amide bonds. The predicted octanol–water partition coefficient (Wildman–Crippen LogP) is 3.79. The van der Waals surface area contributed by atoms with Gasteiger partial charge in [-0.3, -0.25) is 0 Å². The first-order chi connectivity index (χ1) is 8.69. The molecule has 1 aromatic carbocycles. The van der Waals surface area contributed by atoms with Crippen molar-refractivity contribution in [1.29, 1.82) is 0 Å². The van der Waals surface area contributed by atoms with Gasteiger partial charge in [0, 0.05) is 6.04 Å². The maximum Gasteiger partial charge on any atom is 0.0935 e. The fourth-order valence-electron chi connectivity index (χ4n) is 2.41. The second-order valence-corrected chi connectivity index (χ2v) is 4.87. The van der Waals surface area contributed by atoms with Gasteiger partial charge in [-0.2, -0.15) is 0 Å². The molecule has 0 aliphatic heterocycles. The van der Waals surface area contributed by atoms with E-state index in [9.17, 15) is 0 Å². The molecule has 1 aromatic heterocycles. The fourth-order valence-corrected chi connectivity index (χ4v) is 2.41. The summed E-state index contributed by atoms with van der Waals surface area (Å²) in [7, 11) is 0. The minimum atomic E-state index is 0.353. The lowest BCUT2D eigenvalue weighted by Crippen LogP contribution is -2.23. The monoisotopic (exact) mass is 243 g/mol. The number of hydrogen-bond acceptors (Lipinski definition) is 2. The Labute approximate surface area is 109 Å². The molecular weight excluding hydrogens is 222 g/mol. The van der Waals surface area contributed by atoms with Gasteiger partial charge in [-0.1, -0.05) is 36.2 Å². The maximum atomic E-state index is 5.15. The summed E-state index contributed by atoms with van der Waals surface area (Å²) in [6.07, 6.45) is 4.53. The summed E-state index contributed by atoms with van der Waals surface area (Å²) >= 11 is 0. The number of likely N-dealkylation sites (N-methyl/N-ethyl adjacent to an activating group) is 1. The number of rotatable bonds is 5. The number of benzene rings is 1. The van der Waals surface area contributed by atoms with Gasteiger partial charge < -0.3 is 9.73 Å². The van der Waals surface area contributed by atoms with Crippen LogP contribution in [-0.2, 0) is 6.42 Å². The second-order valence-electron chi connectivity index (χ2n) is 4.87. The van der Waals surface area contributed by atoms with Crippen LogP contribution in [0.1, 0.15) is 35.2 Å². The van der Waals surface area contributed by atoms with E-state index in [1.54, 1.807) is 6.26 Å². The van der Waals surface area contributed by atoms with Crippen molar-refractivity contribution in [2.45, 2.75) is 33.2 Å². The lowest BCUT2D eigenvalue weighted by molar-refractivity contribution is 0.534. The Morgan fingerprint density at radius 2 is 1.89 bits per heavy atom. The molecule has 0 fully saturated rings. The Hall–Kier alpha value is -1.54. The zero-order valence-corrected chi connectivity index (χ0v) is 11.4. The van der Waals surface area contributed by atoms with Crippen molar-refractivity contribution in [3.05, 3.63) is 59.0 Å². The van der Waals surface area contributed by atoms with Crippen LogP contribution in [0.15, 0.2) is 41.2 Å². The SMILES string of the molecule is CCNC(Cc1ccoc1)c1cc(C)cc(C)c1. The van der Waals surface area contributed by atoms with E-state index in [0.717, 1.165) is 13.0 Å². The van der Waals surface area contributed by atoms with Crippen LogP contribution < -0.4 is 5.32 Å². The van der Waals surface area contributed by atoms with Crippen molar-refractivity contribution in [1.82, 2.24) is 5.32 Å². The number of furan rings is 1. The molecule has 0 saturated carbocycles. The molecule has 0 aliphatic rings. The Bertz CT molecular complexity index is 468. The first-order valence-corrected chi connectivity index (χ1v) is 6.51.